The number of nitrogens with zero attached hydrogens (tertiary/aromatic N) is 3. The third-order valence-corrected chi connectivity index (χ3v) is 4.68. The number of benzene rings is 1. The summed E-state index contributed by atoms with van der Waals surface area (Å²) >= 11 is 0. The van der Waals surface area contributed by atoms with E-state index < -0.39 is 0 Å². The van der Waals surface area contributed by atoms with Crippen LogP contribution < -0.4 is 5.32 Å². The average Bonchev–Trinajstić information content (AvgIpc) is 3.13. The molecule has 0 radical (unpaired) electrons. The number of carbonyl (C=O) groups is 1. The molecule has 5 nitrogen and oxygen atoms in total. The maximum absolute atomic E-state index is 12.0. The van der Waals surface area contributed by atoms with Gasteiger partial charge in [-0.05, 0) is 36.5 Å². The standard InChI is InChI=1S/C21H28N4O/c1-17(2)8-11-22-21(26)16-24-12-9-18(10-13-24)19-14-23-25(15-19)20-6-4-3-5-7-20/h3-7,9,14-15,17H,8,10-13,16H2,1-2H3,(H,22,26). The highest BCUT2D eigenvalue weighted by Crippen LogP contribution is 2.22. The predicted octanol–water partition coefficient (Wildman–Crippen LogP) is 3.12. The minimum Gasteiger partial charge on any atom is -0.355 e. The zero-order valence-corrected chi connectivity index (χ0v) is 15.7. The molecule has 3 rings (SSSR count). The second-order valence-electron chi connectivity index (χ2n) is 7.26. The van der Waals surface area contributed by atoms with Crippen LogP contribution in [0.4, 0.5) is 0 Å². The second kappa shape index (κ2) is 8.81. The Hall–Kier alpha value is -2.40. The van der Waals surface area contributed by atoms with Crippen molar-refractivity contribution in [3.63, 3.8) is 0 Å². The first kappa shape index (κ1) is 18.4. The van der Waals surface area contributed by atoms with Gasteiger partial charge in [0.25, 0.3) is 0 Å². The van der Waals surface area contributed by atoms with Crippen molar-refractivity contribution in [2.75, 3.05) is 26.2 Å². The first-order valence-electron chi connectivity index (χ1n) is 9.40. The number of nitrogens with one attached hydrogen (secondary N) is 1. The van der Waals surface area contributed by atoms with Crippen molar-refractivity contribution in [1.29, 1.82) is 0 Å². The van der Waals surface area contributed by atoms with E-state index in [2.05, 4.69) is 41.4 Å². The molecule has 0 saturated heterocycles. The summed E-state index contributed by atoms with van der Waals surface area (Å²) < 4.78 is 1.91. The Kier molecular flexibility index (Phi) is 6.23. The molecule has 2 aromatic rings. The van der Waals surface area contributed by atoms with Crippen molar-refractivity contribution >= 4 is 11.5 Å². The maximum Gasteiger partial charge on any atom is 0.234 e. The number of amides is 1. The van der Waals surface area contributed by atoms with E-state index in [-0.39, 0.29) is 5.91 Å². The Morgan fingerprint density at radius 2 is 2.08 bits per heavy atom. The van der Waals surface area contributed by atoms with E-state index in [0.717, 1.165) is 43.7 Å². The molecule has 2 heterocycles. The molecule has 1 aromatic heterocycles. The monoisotopic (exact) mass is 352 g/mol. The Balaban J connectivity index is 1.52. The van der Waals surface area contributed by atoms with Crippen LogP contribution in [0.1, 0.15) is 32.3 Å². The highest BCUT2D eigenvalue weighted by atomic mass is 16.2. The lowest BCUT2D eigenvalue weighted by atomic mass is 10.0. The Labute approximate surface area is 155 Å². The molecule has 1 N–H and O–H groups in total. The minimum atomic E-state index is 0.124. The predicted molar refractivity (Wildman–Crippen MR) is 105 cm³/mol. The van der Waals surface area contributed by atoms with E-state index >= 15 is 0 Å². The van der Waals surface area contributed by atoms with Crippen molar-refractivity contribution in [1.82, 2.24) is 20.0 Å². The summed E-state index contributed by atoms with van der Waals surface area (Å²) in [7, 11) is 0. The number of rotatable bonds is 7. The lowest BCUT2D eigenvalue weighted by Crippen LogP contribution is -2.39. The third-order valence-electron chi connectivity index (χ3n) is 4.68. The van der Waals surface area contributed by atoms with Gasteiger partial charge in [-0.1, -0.05) is 38.1 Å². The summed E-state index contributed by atoms with van der Waals surface area (Å²) in [5.41, 5.74) is 3.54. The fraction of sp³-hybridized carbons (Fsp3) is 0.429. The maximum atomic E-state index is 12.0. The van der Waals surface area contributed by atoms with Crippen LogP contribution in [0.3, 0.4) is 0 Å². The highest BCUT2D eigenvalue weighted by Gasteiger charge is 2.16. The normalized spacial score (nSPS) is 15.1. The number of para-hydroxylation sites is 1. The van der Waals surface area contributed by atoms with E-state index in [0.29, 0.717) is 12.5 Å². The molecule has 0 saturated carbocycles. The largest absolute Gasteiger partial charge is 0.355 e. The zero-order chi connectivity index (χ0) is 18.4. The molecular formula is C21H28N4O. The van der Waals surface area contributed by atoms with Crippen molar-refractivity contribution in [3.05, 3.63) is 54.4 Å². The highest BCUT2D eigenvalue weighted by molar-refractivity contribution is 5.78. The summed E-state index contributed by atoms with van der Waals surface area (Å²) in [6.07, 6.45) is 8.20. The Morgan fingerprint density at radius 1 is 1.27 bits per heavy atom. The lowest BCUT2D eigenvalue weighted by Gasteiger charge is -2.25. The fourth-order valence-electron chi connectivity index (χ4n) is 3.09. The number of carbonyl (C=O) groups excluding carboxylic acids is 1. The van der Waals surface area contributed by atoms with Gasteiger partial charge in [0.05, 0.1) is 18.4 Å². The molecule has 1 aliphatic heterocycles. The van der Waals surface area contributed by atoms with Crippen LogP contribution in [0.5, 0.6) is 0 Å². The molecular weight excluding hydrogens is 324 g/mol. The zero-order valence-electron chi connectivity index (χ0n) is 15.7. The topological polar surface area (TPSA) is 50.2 Å². The first-order chi connectivity index (χ1) is 12.6. The van der Waals surface area contributed by atoms with Crippen LogP contribution in [-0.2, 0) is 4.79 Å². The van der Waals surface area contributed by atoms with Gasteiger partial charge in [0, 0.05) is 31.4 Å². The van der Waals surface area contributed by atoms with Crippen molar-refractivity contribution in [2.24, 2.45) is 5.92 Å². The van der Waals surface area contributed by atoms with Crippen LogP contribution in [0.2, 0.25) is 0 Å². The molecule has 1 aromatic carbocycles. The van der Waals surface area contributed by atoms with Gasteiger partial charge in [0.2, 0.25) is 5.91 Å². The Morgan fingerprint density at radius 3 is 2.77 bits per heavy atom. The number of hydrogen-bond donors (Lipinski definition) is 1. The molecule has 5 heteroatoms. The van der Waals surface area contributed by atoms with Crippen LogP contribution in [0, 0.1) is 5.92 Å². The molecule has 26 heavy (non-hydrogen) atoms. The molecule has 0 spiro atoms. The summed E-state index contributed by atoms with van der Waals surface area (Å²) in [5, 5.41) is 7.49. The summed E-state index contributed by atoms with van der Waals surface area (Å²) in [5.74, 6) is 0.743. The van der Waals surface area contributed by atoms with Crippen molar-refractivity contribution in [2.45, 2.75) is 26.7 Å². The molecule has 0 fully saturated rings. The number of hydrogen-bond acceptors (Lipinski definition) is 3. The summed E-state index contributed by atoms with van der Waals surface area (Å²) in [4.78, 5) is 14.2. The third kappa shape index (κ3) is 5.05. The molecule has 138 valence electrons. The lowest BCUT2D eigenvalue weighted by molar-refractivity contribution is -0.122. The van der Waals surface area contributed by atoms with Gasteiger partial charge in [-0.25, -0.2) is 4.68 Å². The summed E-state index contributed by atoms with van der Waals surface area (Å²) in [6.45, 7) is 7.30. The van der Waals surface area contributed by atoms with E-state index in [1.54, 1.807) is 0 Å². The van der Waals surface area contributed by atoms with Gasteiger partial charge in [0.15, 0.2) is 0 Å². The van der Waals surface area contributed by atoms with Gasteiger partial charge in [-0.2, -0.15) is 5.10 Å². The van der Waals surface area contributed by atoms with Crippen LogP contribution >= 0.6 is 0 Å². The summed E-state index contributed by atoms with van der Waals surface area (Å²) in [6, 6.07) is 10.1. The quantitative estimate of drug-likeness (QED) is 0.833. The molecule has 0 bridgehead atoms. The van der Waals surface area contributed by atoms with Crippen molar-refractivity contribution in [3.8, 4) is 5.69 Å². The fourth-order valence-corrected chi connectivity index (χ4v) is 3.09. The average molecular weight is 352 g/mol. The smallest absolute Gasteiger partial charge is 0.234 e. The van der Waals surface area contributed by atoms with Crippen LogP contribution in [0.25, 0.3) is 11.3 Å². The van der Waals surface area contributed by atoms with E-state index in [1.807, 2.05) is 41.2 Å². The van der Waals surface area contributed by atoms with Gasteiger partial charge in [-0.15, -0.1) is 0 Å². The van der Waals surface area contributed by atoms with Gasteiger partial charge in [0.1, 0.15) is 0 Å². The van der Waals surface area contributed by atoms with Gasteiger partial charge >= 0.3 is 0 Å². The van der Waals surface area contributed by atoms with Crippen molar-refractivity contribution < 1.29 is 4.79 Å². The van der Waals surface area contributed by atoms with E-state index in [4.69, 9.17) is 0 Å². The van der Waals surface area contributed by atoms with Gasteiger partial charge < -0.3 is 5.32 Å². The Bertz CT molecular complexity index is 748. The van der Waals surface area contributed by atoms with Crippen LogP contribution in [0.15, 0.2) is 48.8 Å². The SMILES string of the molecule is CC(C)CCNC(=O)CN1CC=C(c2cnn(-c3ccccc3)c2)CC1. The van der Waals surface area contributed by atoms with Crippen LogP contribution in [-0.4, -0.2) is 46.8 Å². The molecule has 1 aliphatic rings. The van der Waals surface area contributed by atoms with E-state index in [1.165, 1.54) is 5.57 Å². The van der Waals surface area contributed by atoms with E-state index in [9.17, 15) is 4.79 Å². The molecule has 1 amide bonds. The minimum absolute atomic E-state index is 0.124. The molecule has 0 aliphatic carbocycles. The second-order valence-corrected chi connectivity index (χ2v) is 7.26. The first-order valence-corrected chi connectivity index (χ1v) is 9.40. The number of aromatic nitrogens is 2. The molecule has 0 unspecified atom stereocenters. The molecule has 0 atom stereocenters. The van der Waals surface area contributed by atoms with Gasteiger partial charge in [-0.3, -0.25) is 9.69 Å².